The second kappa shape index (κ2) is 11.8. The van der Waals surface area contributed by atoms with Crippen LogP contribution in [0.5, 0.6) is 0 Å². The maximum absolute atomic E-state index is 14.7. The summed E-state index contributed by atoms with van der Waals surface area (Å²) in [6.07, 6.45) is -0.130. The minimum Gasteiger partial charge on any atom is -0.548 e. The second-order valence-corrected chi connectivity index (χ2v) is 8.51. The Labute approximate surface area is 252 Å². The van der Waals surface area contributed by atoms with Gasteiger partial charge in [-0.1, -0.05) is 29.3 Å². The monoisotopic (exact) mass is 539 g/mol. The quantitative estimate of drug-likeness (QED) is 0.363. The summed E-state index contributed by atoms with van der Waals surface area (Å²) < 4.78 is 20.3. The van der Waals surface area contributed by atoms with Gasteiger partial charge in [-0.3, -0.25) is 0 Å². The fourth-order valence-electron chi connectivity index (χ4n) is 3.38. The first-order chi connectivity index (χ1) is 16.2. The van der Waals surface area contributed by atoms with E-state index in [0.29, 0.717) is 32.3 Å². The van der Waals surface area contributed by atoms with Crippen molar-refractivity contribution in [2.45, 2.75) is 19.4 Å². The Morgan fingerprint density at radius 1 is 1.09 bits per heavy atom. The van der Waals surface area contributed by atoms with E-state index in [1.807, 2.05) is 19.1 Å². The largest absolute Gasteiger partial charge is 1.00 e. The van der Waals surface area contributed by atoms with Gasteiger partial charge in [-0.05, 0) is 73.0 Å². The van der Waals surface area contributed by atoms with E-state index in [-0.39, 0.29) is 69.4 Å². The van der Waals surface area contributed by atoms with Crippen LogP contribution in [0.3, 0.4) is 0 Å². The van der Waals surface area contributed by atoms with E-state index in [1.165, 1.54) is 30.3 Å². The molecular weight excluding hydrogens is 523 g/mol. The number of anilines is 1. The van der Waals surface area contributed by atoms with Crippen molar-refractivity contribution in [2.75, 3.05) is 5.32 Å². The van der Waals surface area contributed by atoms with Crippen molar-refractivity contribution in [3.8, 4) is 11.5 Å². The number of hydrogen-bond acceptors (Lipinski definition) is 5. The maximum atomic E-state index is 14.7. The number of carboxylic acids is 1. The zero-order chi connectivity index (χ0) is 24.4. The first kappa shape index (κ1) is 27.6. The van der Waals surface area contributed by atoms with Crippen molar-refractivity contribution in [1.82, 2.24) is 10.3 Å². The number of carboxylic acid groups (broad SMARTS) is 1. The number of aromatic nitrogens is 1. The third-order valence-electron chi connectivity index (χ3n) is 4.96. The summed E-state index contributed by atoms with van der Waals surface area (Å²) >= 11 is 11.9. The SMILES string of the molecule is Cc1ccc2oc(-c3ccc(NC(=O)NC(Cc4cc(Cl)cc(Cl)c4)C(=O)[O-])c(F)c3)nc2c1.[K+]. The zero-order valence-corrected chi connectivity index (χ0v) is 23.3. The van der Waals surface area contributed by atoms with Crippen LogP contribution in [0, 0.1) is 12.7 Å². The van der Waals surface area contributed by atoms with Crippen molar-refractivity contribution in [1.29, 1.82) is 0 Å². The Morgan fingerprint density at radius 3 is 2.46 bits per heavy atom. The molecule has 1 unspecified atom stereocenters. The van der Waals surface area contributed by atoms with Gasteiger partial charge in [0.25, 0.3) is 0 Å². The third-order valence-corrected chi connectivity index (χ3v) is 5.40. The van der Waals surface area contributed by atoms with Gasteiger partial charge in [0, 0.05) is 15.6 Å². The number of carbonyl (C=O) groups is 2. The van der Waals surface area contributed by atoms with Crippen LogP contribution in [0.1, 0.15) is 11.1 Å². The molecule has 0 saturated heterocycles. The van der Waals surface area contributed by atoms with E-state index in [0.717, 1.165) is 11.6 Å². The molecule has 174 valence electrons. The summed E-state index contributed by atoms with van der Waals surface area (Å²) in [5, 5.41) is 16.7. The van der Waals surface area contributed by atoms with Gasteiger partial charge in [0.05, 0.1) is 17.7 Å². The van der Waals surface area contributed by atoms with Gasteiger partial charge in [0.2, 0.25) is 5.89 Å². The van der Waals surface area contributed by atoms with Crippen molar-refractivity contribution in [2.24, 2.45) is 0 Å². The maximum Gasteiger partial charge on any atom is 1.00 e. The van der Waals surface area contributed by atoms with Crippen molar-refractivity contribution in [3.63, 3.8) is 0 Å². The van der Waals surface area contributed by atoms with Gasteiger partial charge in [0.15, 0.2) is 5.58 Å². The van der Waals surface area contributed by atoms with Crippen LogP contribution in [-0.2, 0) is 11.2 Å². The molecular formula is C24H17Cl2FKN3O4. The number of oxazole rings is 1. The van der Waals surface area contributed by atoms with Crippen LogP contribution in [0.25, 0.3) is 22.6 Å². The van der Waals surface area contributed by atoms with Crippen LogP contribution in [0.15, 0.2) is 59.0 Å². The summed E-state index contributed by atoms with van der Waals surface area (Å²) in [6.45, 7) is 1.92. The number of aryl methyl sites for hydroxylation is 1. The predicted molar refractivity (Wildman–Crippen MR) is 125 cm³/mol. The molecule has 35 heavy (non-hydrogen) atoms. The molecule has 1 atom stereocenters. The molecule has 0 bridgehead atoms. The molecule has 7 nitrogen and oxygen atoms in total. The second-order valence-electron chi connectivity index (χ2n) is 7.64. The number of urea groups is 1. The van der Waals surface area contributed by atoms with Crippen LogP contribution in [0.2, 0.25) is 10.0 Å². The molecule has 0 radical (unpaired) electrons. The summed E-state index contributed by atoms with van der Waals surface area (Å²) in [5.41, 5.74) is 2.93. The number of aliphatic carboxylic acids is 1. The fraction of sp³-hybridized carbons (Fsp3) is 0.125. The molecule has 0 saturated carbocycles. The third kappa shape index (κ3) is 7.04. The fourth-order valence-corrected chi connectivity index (χ4v) is 3.96. The molecule has 3 aromatic carbocycles. The molecule has 1 heterocycles. The van der Waals surface area contributed by atoms with Crippen LogP contribution in [-0.4, -0.2) is 23.0 Å². The van der Waals surface area contributed by atoms with E-state index in [2.05, 4.69) is 15.6 Å². The number of amides is 2. The van der Waals surface area contributed by atoms with Gasteiger partial charge in [-0.2, -0.15) is 0 Å². The minimum absolute atomic E-state index is 0. The van der Waals surface area contributed by atoms with Crippen molar-refractivity contribution >= 4 is 52.0 Å². The van der Waals surface area contributed by atoms with Gasteiger partial charge in [-0.15, -0.1) is 0 Å². The Balaban J connectivity index is 0.00000342. The average Bonchev–Trinajstić information content (AvgIpc) is 3.17. The van der Waals surface area contributed by atoms with Gasteiger partial charge < -0.3 is 25.0 Å². The number of carbonyl (C=O) groups excluding carboxylic acids is 2. The van der Waals surface area contributed by atoms with Crippen molar-refractivity contribution in [3.05, 3.63) is 81.6 Å². The van der Waals surface area contributed by atoms with Crippen LogP contribution < -0.4 is 67.1 Å². The average molecular weight is 540 g/mol. The molecule has 11 heteroatoms. The summed E-state index contributed by atoms with van der Waals surface area (Å²) in [5.74, 6) is -2.04. The molecule has 0 aliphatic rings. The first-order valence-electron chi connectivity index (χ1n) is 10.1. The van der Waals surface area contributed by atoms with E-state index >= 15 is 0 Å². The van der Waals surface area contributed by atoms with Gasteiger partial charge in [-0.25, -0.2) is 14.2 Å². The minimum atomic E-state index is -1.52. The molecule has 0 fully saturated rings. The number of fused-ring (bicyclic) bond motifs is 1. The molecule has 2 amide bonds. The Kier molecular flexibility index (Phi) is 9.33. The van der Waals surface area contributed by atoms with Gasteiger partial charge in [0.1, 0.15) is 11.3 Å². The van der Waals surface area contributed by atoms with E-state index in [4.69, 9.17) is 27.6 Å². The number of halogens is 3. The first-order valence-corrected chi connectivity index (χ1v) is 10.8. The molecule has 0 aliphatic carbocycles. The van der Waals surface area contributed by atoms with E-state index in [9.17, 15) is 19.1 Å². The smallest absolute Gasteiger partial charge is 0.548 e. The number of nitrogens with one attached hydrogen (secondary N) is 2. The summed E-state index contributed by atoms with van der Waals surface area (Å²) in [7, 11) is 0. The zero-order valence-electron chi connectivity index (χ0n) is 18.7. The molecule has 2 N–H and O–H groups in total. The number of rotatable bonds is 6. The Hall–Kier alpha value is -1.98. The number of nitrogens with zero attached hydrogens (tertiary/aromatic N) is 1. The van der Waals surface area contributed by atoms with E-state index < -0.39 is 23.9 Å². The molecule has 4 aromatic rings. The van der Waals surface area contributed by atoms with Crippen LogP contribution in [0.4, 0.5) is 14.9 Å². The van der Waals surface area contributed by atoms with Gasteiger partial charge >= 0.3 is 57.4 Å². The number of hydrogen-bond donors (Lipinski definition) is 2. The predicted octanol–water partition coefficient (Wildman–Crippen LogP) is 1.74. The Bertz CT molecular complexity index is 1390. The molecule has 1 aromatic heterocycles. The summed E-state index contributed by atoms with van der Waals surface area (Å²) in [6, 6.07) is 11.7. The molecule has 0 aliphatic heterocycles. The normalized spacial score (nSPS) is 11.5. The topological polar surface area (TPSA) is 107 Å². The molecule has 4 rings (SSSR count). The van der Waals surface area contributed by atoms with E-state index in [1.54, 1.807) is 6.07 Å². The summed E-state index contributed by atoms with van der Waals surface area (Å²) in [4.78, 5) is 28.2. The standard InChI is InChI=1S/C24H18Cl2FN3O4.K/c1-12-2-5-21-19(6-12)28-22(34-21)14-3-4-18(17(27)10-14)29-24(33)30-20(23(31)32)9-13-7-15(25)11-16(26)8-13;/h2-8,10-11,20H,9H2,1H3,(H,31,32)(H2,29,30,33);/q;+1/p-1. The van der Waals surface area contributed by atoms with Crippen molar-refractivity contribution < 1.29 is 74.9 Å². The van der Waals surface area contributed by atoms with Crippen LogP contribution >= 0.6 is 23.2 Å². The number of benzene rings is 3. The Morgan fingerprint density at radius 2 is 1.80 bits per heavy atom. The molecule has 0 spiro atoms.